The lowest BCUT2D eigenvalue weighted by molar-refractivity contribution is 0.0475. The lowest BCUT2D eigenvalue weighted by Crippen LogP contribution is -2.04. The molecule has 0 unspecified atom stereocenters. The molecule has 0 aliphatic carbocycles. The predicted molar refractivity (Wildman–Crippen MR) is 66.7 cm³/mol. The molecule has 0 aliphatic heterocycles. The van der Waals surface area contributed by atoms with Gasteiger partial charge in [0.25, 0.3) is 5.22 Å². The number of hydrogen-bond acceptors (Lipinski definition) is 8. The zero-order chi connectivity index (χ0) is 13.0. The smallest absolute Gasteiger partial charge is 0.396 e. The molecule has 2 aromatic rings. The highest BCUT2D eigenvalue weighted by Gasteiger charge is 2.16. The summed E-state index contributed by atoms with van der Waals surface area (Å²) in [6.07, 6.45) is 0. The number of esters is 1. The van der Waals surface area contributed by atoms with Crippen molar-refractivity contribution >= 4 is 29.1 Å². The Bertz CT molecular complexity index is 538. The van der Waals surface area contributed by atoms with E-state index >= 15 is 0 Å². The van der Waals surface area contributed by atoms with Crippen LogP contribution in [0.25, 0.3) is 0 Å². The third kappa shape index (κ3) is 3.30. The van der Waals surface area contributed by atoms with Gasteiger partial charge in [-0.15, -0.1) is 16.4 Å². The van der Waals surface area contributed by atoms with Gasteiger partial charge in [0.1, 0.15) is 0 Å². The van der Waals surface area contributed by atoms with E-state index in [0.717, 1.165) is 10.7 Å². The topological polar surface area (TPSA) is 78.1 Å². The molecule has 0 bridgehead atoms. The second-order valence-corrected chi connectivity index (χ2v) is 5.23. The number of hydrogen-bond donors (Lipinski definition) is 0. The lowest BCUT2D eigenvalue weighted by atomic mass is 10.6. The van der Waals surface area contributed by atoms with E-state index in [4.69, 9.17) is 9.15 Å². The van der Waals surface area contributed by atoms with Gasteiger partial charge in [0.15, 0.2) is 0 Å². The minimum absolute atomic E-state index is 0.117. The van der Waals surface area contributed by atoms with Crippen LogP contribution in [0.1, 0.15) is 28.3 Å². The van der Waals surface area contributed by atoms with Crippen molar-refractivity contribution in [1.82, 2.24) is 15.2 Å². The van der Waals surface area contributed by atoms with Crippen molar-refractivity contribution in [3.63, 3.8) is 0 Å². The number of carbonyl (C=O) groups is 1. The number of nitrogens with zero attached hydrogens (tertiary/aromatic N) is 3. The molecule has 0 saturated heterocycles. The molecule has 0 aromatic carbocycles. The summed E-state index contributed by atoms with van der Waals surface area (Å²) in [5, 5.41) is 10.7. The minimum Gasteiger partial charge on any atom is -0.459 e. The summed E-state index contributed by atoms with van der Waals surface area (Å²) in [7, 11) is 0. The molecule has 96 valence electrons. The van der Waals surface area contributed by atoms with Gasteiger partial charge in [0.05, 0.1) is 17.3 Å². The summed E-state index contributed by atoms with van der Waals surface area (Å²) in [5.41, 5.74) is 0.957. The van der Waals surface area contributed by atoms with E-state index in [9.17, 15) is 4.79 Å². The zero-order valence-corrected chi connectivity index (χ0v) is 11.5. The highest BCUT2D eigenvalue weighted by Crippen LogP contribution is 2.22. The molecule has 0 atom stereocenters. The number of aromatic nitrogens is 3. The highest BCUT2D eigenvalue weighted by atomic mass is 32.2. The van der Waals surface area contributed by atoms with E-state index in [2.05, 4.69) is 15.2 Å². The van der Waals surface area contributed by atoms with E-state index in [1.807, 2.05) is 12.3 Å². The molecule has 2 heterocycles. The van der Waals surface area contributed by atoms with Gasteiger partial charge >= 0.3 is 11.9 Å². The van der Waals surface area contributed by atoms with Crippen molar-refractivity contribution in [2.75, 3.05) is 6.61 Å². The third-order valence-electron chi connectivity index (χ3n) is 1.87. The number of carbonyl (C=O) groups excluding carboxylic acids is 1. The molecular weight excluding hydrogens is 274 g/mol. The molecule has 8 heteroatoms. The zero-order valence-electron chi connectivity index (χ0n) is 9.87. The fourth-order valence-corrected chi connectivity index (χ4v) is 2.53. The van der Waals surface area contributed by atoms with Crippen LogP contribution in [0.5, 0.6) is 0 Å². The van der Waals surface area contributed by atoms with Gasteiger partial charge in [-0.1, -0.05) is 16.9 Å². The van der Waals surface area contributed by atoms with Gasteiger partial charge in [0.2, 0.25) is 0 Å². The number of thioether (sulfide) groups is 1. The molecular formula is C10H11N3O3S2. The van der Waals surface area contributed by atoms with Crippen LogP contribution >= 0.6 is 23.1 Å². The van der Waals surface area contributed by atoms with E-state index in [0.29, 0.717) is 11.0 Å². The minimum atomic E-state index is -0.596. The molecule has 0 aliphatic rings. The molecule has 0 radical (unpaired) electrons. The van der Waals surface area contributed by atoms with Crippen LogP contribution in [0.2, 0.25) is 0 Å². The Kier molecular flexibility index (Phi) is 4.32. The Morgan fingerprint density at radius 3 is 3.06 bits per heavy atom. The molecule has 2 rings (SSSR count). The Labute approximate surface area is 112 Å². The number of thiazole rings is 1. The quantitative estimate of drug-likeness (QED) is 0.616. The van der Waals surface area contributed by atoms with Gasteiger partial charge in [-0.25, -0.2) is 9.78 Å². The highest BCUT2D eigenvalue weighted by molar-refractivity contribution is 7.98. The Balaban J connectivity index is 1.92. The second kappa shape index (κ2) is 5.96. The number of aryl methyl sites for hydroxylation is 1. The molecule has 0 fully saturated rings. The van der Waals surface area contributed by atoms with Crippen molar-refractivity contribution in [2.24, 2.45) is 0 Å². The maximum Gasteiger partial charge on any atom is 0.396 e. The van der Waals surface area contributed by atoms with E-state index in [1.165, 1.54) is 11.8 Å². The molecule has 0 amide bonds. The Hall–Kier alpha value is -1.41. The monoisotopic (exact) mass is 285 g/mol. The molecule has 6 nitrogen and oxygen atoms in total. The van der Waals surface area contributed by atoms with Crippen molar-refractivity contribution in [2.45, 2.75) is 24.8 Å². The first-order chi connectivity index (χ1) is 8.69. The number of rotatable bonds is 5. The largest absolute Gasteiger partial charge is 0.459 e. The first-order valence-electron chi connectivity index (χ1n) is 5.23. The van der Waals surface area contributed by atoms with E-state index in [1.54, 1.807) is 18.3 Å². The average Bonchev–Trinajstić information content (AvgIpc) is 2.95. The molecule has 18 heavy (non-hydrogen) atoms. The van der Waals surface area contributed by atoms with Crippen molar-refractivity contribution in [3.05, 3.63) is 22.0 Å². The maximum atomic E-state index is 11.3. The first-order valence-corrected chi connectivity index (χ1v) is 7.10. The molecule has 0 spiro atoms. The van der Waals surface area contributed by atoms with Crippen LogP contribution in [0.15, 0.2) is 15.0 Å². The summed E-state index contributed by atoms with van der Waals surface area (Å²) in [6, 6.07) is 0. The Morgan fingerprint density at radius 2 is 2.39 bits per heavy atom. The van der Waals surface area contributed by atoms with E-state index < -0.39 is 5.97 Å². The molecule has 2 aromatic heterocycles. The number of ether oxygens (including phenoxy) is 1. The van der Waals surface area contributed by atoms with Crippen LogP contribution in [-0.4, -0.2) is 27.8 Å². The van der Waals surface area contributed by atoms with Crippen LogP contribution in [-0.2, 0) is 10.5 Å². The van der Waals surface area contributed by atoms with Crippen LogP contribution in [0.4, 0.5) is 0 Å². The summed E-state index contributed by atoms with van der Waals surface area (Å²) in [6.45, 7) is 3.95. The van der Waals surface area contributed by atoms with E-state index in [-0.39, 0.29) is 12.5 Å². The van der Waals surface area contributed by atoms with Gasteiger partial charge < -0.3 is 9.15 Å². The van der Waals surface area contributed by atoms with Crippen molar-refractivity contribution < 1.29 is 13.9 Å². The SMILES string of the molecule is CCOC(=O)c1nnc(SCc2csc(C)n2)o1. The maximum absolute atomic E-state index is 11.3. The van der Waals surface area contributed by atoms with Gasteiger partial charge in [-0.3, -0.25) is 0 Å². The van der Waals surface area contributed by atoms with Gasteiger partial charge in [0, 0.05) is 11.1 Å². The molecule has 0 N–H and O–H groups in total. The first kappa shape index (κ1) is 13.0. The lowest BCUT2D eigenvalue weighted by Gasteiger charge is -1.94. The predicted octanol–water partition coefficient (Wildman–Crippen LogP) is 2.30. The van der Waals surface area contributed by atoms with Crippen LogP contribution < -0.4 is 0 Å². The Morgan fingerprint density at radius 1 is 1.56 bits per heavy atom. The van der Waals surface area contributed by atoms with Crippen molar-refractivity contribution in [3.8, 4) is 0 Å². The van der Waals surface area contributed by atoms with Crippen LogP contribution in [0.3, 0.4) is 0 Å². The summed E-state index contributed by atoms with van der Waals surface area (Å²) in [5.74, 6) is -0.0791. The van der Waals surface area contributed by atoms with Crippen molar-refractivity contribution in [1.29, 1.82) is 0 Å². The second-order valence-electron chi connectivity index (χ2n) is 3.24. The molecule has 0 saturated carbocycles. The fourth-order valence-electron chi connectivity index (χ4n) is 1.15. The summed E-state index contributed by atoms with van der Waals surface area (Å²) < 4.78 is 9.92. The fraction of sp³-hybridized carbons (Fsp3) is 0.400. The summed E-state index contributed by atoms with van der Waals surface area (Å²) in [4.78, 5) is 15.6. The van der Waals surface area contributed by atoms with Gasteiger partial charge in [-0.2, -0.15) is 0 Å². The third-order valence-corrected chi connectivity index (χ3v) is 3.54. The summed E-state index contributed by atoms with van der Waals surface area (Å²) >= 11 is 2.93. The standard InChI is InChI=1S/C10H11N3O3S2/c1-3-15-9(14)8-12-13-10(16-8)18-5-7-4-17-6(2)11-7/h4H,3,5H2,1-2H3. The normalized spacial score (nSPS) is 10.6. The average molecular weight is 285 g/mol. The van der Waals surface area contributed by atoms with Crippen LogP contribution in [0, 0.1) is 6.92 Å². The van der Waals surface area contributed by atoms with Gasteiger partial charge in [-0.05, 0) is 13.8 Å².